The third-order valence-electron chi connectivity index (χ3n) is 3.54. The van der Waals surface area contributed by atoms with Crippen LogP contribution in [0.3, 0.4) is 0 Å². The summed E-state index contributed by atoms with van der Waals surface area (Å²) < 4.78 is 5.12. The number of ether oxygens (including phenoxy) is 1. The van der Waals surface area contributed by atoms with Crippen molar-refractivity contribution in [3.8, 4) is 0 Å². The van der Waals surface area contributed by atoms with E-state index in [0.717, 1.165) is 18.4 Å². The Balaban J connectivity index is 2.55. The van der Waals surface area contributed by atoms with Gasteiger partial charge in [-0.25, -0.2) is 0 Å². The van der Waals surface area contributed by atoms with Crippen LogP contribution in [-0.4, -0.2) is 17.6 Å². The molecule has 0 fully saturated rings. The first-order valence-electron chi connectivity index (χ1n) is 8.11. The van der Waals surface area contributed by atoms with E-state index in [1.165, 1.54) is 0 Å². The second-order valence-electron chi connectivity index (χ2n) is 6.34. The van der Waals surface area contributed by atoms with Crippen molar-refractivity contribution in [1.82, 2.24) is 0 Å². The van der Waals surface area contributed by atoms with Crippen LogP contribution in [0.1, 0.15) is 58.9 Å². The molecule has 0 amide bonds. The molecule has 0 saturated carbocycles. The molecule has 0 saturated heterocycles. The second-order valence-corrected chi connectivity index (χ2v) is 7.16. The molecule has 1 unspecified atom stereocenters. The molecule has 0 aliphatic heterocycles. The highest BCUT2D eigenvalue weighted by atomic mass is 35.5. The van der Waals surface area contributed by atoms with E-state index in [-0.39, 0.29) is 12.4 Å². The van der Waals surface area contributed by atoms with E-state index in [1.54, 1.807) is 6.92 Å². The predicted octanol–water partition coefficient (Wildman–Crippen LogP) is 5.45. The van der Waals surface area contributed by atoms with Gasteiger partial charge in [0.15, 0.2) is 5.00 Å². The van der Waals surface area contributed by atoms with Crippen molar-refractivity contribution in [2.45, 2.75) is 63.9 Å². The lowest BCUT2D eigenvalue weighted by molar-refractivity contribution is -0.144. The molecule has 5 heteroatoms. The monoisotopic (exact) mass is 338 g/mol. The maximum absolute atomic E-state index is 11.6. The molecule has 23 heavy (non-hydrogen) atoms. The Kier molecular flexibility index (Phi) is 7.69. The van der Waals surface area contributed by atoms with Crippen LogP contribution in [0.15, 0.2) is 40.6 Å². The number of alkyl halides is 1. The van der Waals surface area contributed by atoms with Crippen LogP contribution < -0.4 is 0 Å². The Bertz CT molecular complexity index is 513. The average Bonchev–Trinajstić information content (AvgIpc) is 2.53. The first-order valence-corrected chi connectivity index (χ1v) is 8.49. The number of carbonyl (C=O) groups excluding carboxylic acids is 1. The average molecular weight is 339 g/mol. The SMILES string of the molecule is CCCCOC(=O)CCC(C)(Cl)N=NC(C)(C)c1ccccc1. The van der Waals surface area contributed by atoms with Gasteiger partial charge in [-0.3, -0.25) is 4.79 Å². The van der Waals surface area contributed by atoms with Gasteiger partial charge in [-0.1, -0.05) is 55.3 Å². The summed E-state index contributed by atoms with van der Waals surface area (Å²) in [6.07, 6.45) is 2.53. The van der Waals surface area contributed by atoms with Gasteiger partial charge >= 0.3 is 5.97 Å². The maximum atomic E-state index is 11.6. The van der Waals surface area contributed by atoms with Crippen LogP contribution in [0.2, 0.25) is 0 Å². The van der Waals surface area contributed by atoms with Gasteiger partial charge in [0.05, 0.1) is 6.61 Å². The summed E-state index contributed by atoms with van der Waals surface area (Å²) in [5, 5.41) is 8.65. The van der Waals surface area contributed by atoms with E-state index in [4.69, 9.17) is 16.3 Å². The van der Waals surface area contributed by atoms with E-state index in [9.17, 15) is 4.79 Å². The van der Waals surface area contributed by atoms with Crippen molar-refractivity contribution in [2.75, 3.05) is 6.61 Å². The zero-order chi connectivity index (χ0) is 17.3. The van der Waals surface area contributed by atoms with E-state index < -0.39 is 10.5 Å². The molecule has 1 atom stereocenters. The lowest BCUT2D eigenvalue weighted by atomic mass is 9.96. The summed E-state index contributed by atoms with van der Waals surface area (Å²) in [6, 6.07) is 9.93. The first kappa shape index (κ1) is 19.6. The van der Waals surface area contributed by atoms with Crippen LogP contribution in [0, 0.1) is 0 Å². The first-order chi connectivity index (χ1) is 10.8. The smallest absolute Gasteiger partial charge is 0.305 e. The zero-order valence-electron chi connectivity index (χ0n) is 14.5. The molecule has 0 radical (unpaired) electrons. The topological polar surface area (TPSA) is 51.0 Å². The fourth-order valence-corrected chi connectivity index (χ4v) is 2.05. The van der Waals surface area contributed by atoms with E-state index in [2.05, 4.69) is 17.2 Å². The van der Waals surface area contributed by atoms with Crippen molar-refractivity contribution in [1.29, 1.82) is 0 Å². The quantitative estimate of drug-likeness (QED) is 0.197. The fourth-order valence-electron chi connectivity index (χ4n) is 1.92. The number of rotatable bonds is 9. The van der Waals surface area contributed by atoms with Crippen LogP contribution in [0.5, 0.6) is 0 Å². The van der Waals surface area contributed by atoms with Crippen molar-refractivity contribution < 1.29 is 9.53 Å². The number of hydrogen-bond donors (Lipinski definition) is 0. The van der Waals surface area contributed by atoms with Gasteiger partial charge in [0.1, 0.15) is 5.54 Å². The normalized spacial score (nSPS) is 14.7. The Morgan fingerprint density at radius 2 is 1.83 bits per heavy atom. The summed E-state index contributed by atoms with van der Waals surface area (Å²) in [4.78, 5) is 10.7. The maximum Gasteiger partial charge on any atom is 0.305 e. The highest BCUT2D eigenvalue weighted by Gasteiger charge is 2.25. The van der Waals surface area contributed by atoms with Gasteiger partial charge in [0, 0.05) is 6.42 Å². The number of nitrogens with zero attached hydrogens (tertiary/aromatic N) is 2. The molecule has 0 N–H and O–H groups in total. The minimum Gasteiger partial charge on any atom is -0.466 e. The molecular weight excluding hydrogens is 312 g/mol. The number of azo groups is 1. The molecule has 1 aromatic rings. The standard InChI is InChI=1S/C18H27ClN2O2/c1-5-6-14-23-16(22)12-13-18(4,19)21-20-17(2,3)15-10-8-7-9-11-15/h7-11H,5-6,12-14H2,1-4H3. The molecule has 128 valence electrons. The fraction of sp³-hybridized carbons (Fsp3) is 0.611. The summed E-state index contributed by atoms with van der Waals surface area (Å²) in [7, 11) is 0. The van der Waals surface area contributed by atoms with E-state index >= 15 is 0 Å². The van der Waals surface area contributed by atoms with Crippen LogP contribution in [0.25, 0.3) is 0 Å². The third kappa shape index (κ3) is 7.60. The lowest BCUT2D eigenvalue weighted by Gasteiger charge is -2.22. The molecule has 0 aromatic heterocycles. The van der Waals surface area contributed by atoms with Gasteiger partial charge in [0.2, 0.25) is 0 Å². The van der Waals surface area contributed by atoms with Crippen molar-refractivity contribution >= 4 is 17.6 Å². The van der Waals surface area contributed by atoms with Gasteiger partial charge in [-0.15, -0.1) is 0 Å². The second kappa shape index (κ2) is 9.02. The number of carbonyl (C=O) groups is 1. The molecule has 0 aliphatic carbocycles. The number of benzene rings is 1. The number of halogens is 1. The molecule has 4 nitrogen and oxygen atoms in total. The minimum atomic E-state index is -0.907. The Labute approximate surface area is 144 Å². The molecule has 0 bridgehead atoms. The van der Waals surface area contributed by atoms with Crippen LogP contribution >= 0.6 is 11.6 Å². The lowest BCUT2D eigenvalue weighted by Crippen LogP contribution is -2.19. The van der Waals surface area contributed by atoms with Crippen LogP contribution in [-0.2, 0) is 15.1 Å². The van der Waals surface area contributed by atoms with Gasteiger partial charge in [-0.05, 0) is 39.2 Å². The summed E-state index contributed by atoms with van der Waals surface area (Å²) >= 11 is 6.37. The van der Waals surface area contributed by atoms with E-state index in [0.29, 0.717) is 13.0 Å². The van der Waals surface area contributed by atoms with Gasteiger partial charge < -0.3 is 4.74 Å². The summed E-state index contributed by atoms with van der Waals surface area (Å²) in [6.45, 7) is 8.25. The Morgan fingerprint density at radius 1 is 1.17 bits per heavy atom. The van der Waals surface area contributed by atoms with E-state index in [1.807, 2.05) is 44.2 Å². The van der Waals surface area contributed by atoms with Crippen molar-refractivity contribution in [3.63, 3.8) is 0 Å². The Hall–Kier alpha value is -1.42. The van der Waals surface area contributed by atoms with Gasteiger partial charge in [0.25, 0.3) is 0 Å². The summed E-state index contributed by atoms with van der Waals surface area (Å²) in [5.74, 6) is -0.233. The highest BCUT2D eigenvalue weighted by molar-refractivity contribution is 6.23. The van der Waals surface area contributed by atoms with Crippen LogP contribution in [0.4, 0.5) is 0 Å². The molecule has 1 rings (SSSR count). The third-order valence-corrected chi connectivity index (χ3v) is 3.80. The summed E-state index contributed by atoms with van der Waals surface area (Å²) in [5.41, 5.74) is 0.606. The molecular formula is C18H27ClN2O2. The molecule has 1 aromatic carbocycles. The van der Waals surface area contributed by atoms with Gasteiger partial charge in [-0.2, -0.15) is 10.2 Å². The number of hydrogen-bond acceptors (Lipinski definition) is 4. The molecule has 0 spiro atoms. The Morgan fingerprint density at radius 3 is 2.43 bits per heavy atom. The largest absolute Gasteiger partial charge is 0.466 e. The number of esters is 1. The van der Waals surface area contributed by atoms with Crippen molar-refractivity contribution in [3.05, 3.63) is 35.9 Å². The predicted molar refractivity (Wildman–Crippen MR) is 93.7 cm³/mol. The molecule has 0 aliphatic rings. The highest BCUT2D eigenvalue weighted by Crippen LogP contribution is 2.29. The zero-order valence-corrected chi connectivity index (χ0v) is 15.3. The number of unbranched alkanes of at least 4 members (excludes halogenated alkanes) is 1. The minimum absolute atomic E-state index is 0.233. The van der Waals surface area contributed by atoms with Crippen molar-refractivity contribution in [2.24, 2.45) is 10.2 Å². The molecule has 0 heterocycles.